The highest BCUT2D eigenvalue weighted by atomic mass is 16.1. The summed E-state index contributed by atoms with van der Waals surface area (Å²) in [6.07, 6.45) is 3.56. The van der Waals surface area contributed by atoms with Crippen LogP contribution in [0.1, 0.15) is 42.5 Å². The molecular weight excluding hydrogens is 442 g/mol. The van der Waals surface area contributed by atoms with Crippen molar-refractivity contribution in [3.05, 3.63) is 63.7 Å². The van der Waals surface area contributed by atoms with Crippen molar-refractivity contribution < 1.29 is 0 Å². The zero-order valence-electron chi connectivity index (χ0n) is 19.8. The minimum absolute atomic E-state index is 0.117. The smallest absolute Gasteiger partial charge is 0.282 e. The van der Waals surface area contributed by atoms with E-state index in [4.69, 9.17) is 16.1 Å². The van der Waals surface area contributed by atoms with Crippen molar-refractivity contribution in [3.63, 3.8) is 0 Å². The topological polar surface area (TPSA) is 140 Å². The Balaban J connectivity index is 1.75. The lowest BCUT2D eigenvalue weighted by Gasteiger charge is -2.18. The first-order valence-corrected chi connectivity index (χ1v) is 11.3. The molecule has 0 amide bonds. The molecule has 0 radical (unpaired) electrons. The predicted octanol–water partition coefficient (Wildman–Crippen LogP) is 2.50. The van der Waals surface area contributed by atoms with Gasteiger partial charge in [-0.05, 0) is 44.2 Å². The fourth-order valence-corrected chi connectivity index (χ4v) is 3.99. The van der Waals surface area contributed by atoms with Crippen LogP contribution in [0, 0.1) is 30.1 Å². The number of anilines is 2. The molecule has 3 aromatic heterocycles. The van der Waals surface area contributed by atoms with Crippen molar-refractivity contribution in [2.75, 3.05) is 18.1 Å². The van der Waals surface area contributed by atoms with Crippen molar-refractivity contribution >= 4 is 28.3 Å². The zero-order chi connectivity index (χ0) is 24.7. The second kappa shape index (κ2) is 8.68. The number of para-hydroxylation sites is 1. The summed E-state index contributed by atoms with van der Waals surface area (Å²) in [5.74, 6) is 7.45. The van der Waals surface area contributed by atoms with Gasteiger partial charge < -0.3 is 16.5 Å². The Hall–Kier alpha value is -4.52. The molecule has 4 N–H and O–H groups in total. The fourth-order valence-electron chi connectivity index (χ4n) is 3.99. The average Bonchev–Trinajstić information content (AvgIpc) is 3.60. The van der Waals surface area contributed by atoms with Crippen LogP contribution in [0.2, 0.25) is 0 Å². The monoisotopic (exact) mass is 467 g/mol. The van der Waals surface area contributed by atoms with E-state index in [1.165, 1.54) is 6.33 Å². The molecule has 3 heterocycles. The van der Waals surface area contributed by atoms with E-state index >= 15 is 0 Å². The maximum Gasteiger partial charge on any atom is 0.282 e. The second-order valence-electron chi connectivity index (χ2n) is 8.56. The van der Waals surface area contributed by atoms with E-state index in [0.717, 1.165) is 18.4 Å². The van der Waals surface area contributed by atoms with Gasteiger partial charge in [0, 0.05) is 13.0 Å². The first-order chi connectivity index (χ1) is 16.9. The number of hydrogen-bond acceptors (Lipinski definition) is 8. The third kappa shape index (κ3) is 4.01. The van der Waals surface area contributed by atoms with Gasteiger partial charge in [0.05, 0.1) is 16.8 Å². The van der Waals surface area contributed by atoms with Crippen LogP contribution in [-0.4, -0.2) is 42.1 Å². The van der Waals surface area contributed by atoms with Gasteiger partial charge >= 0.3 is 0 Å². The number of nitrogens with zero attached hydrogens (tertiary/aromatic N) is 6. The molecule has 1 aliphatic rings. The van der Waals surface area contributed by atoms with E-state index in [0.29, 0.717) is 40.0 Å². The Morgan fingerprint density at radius 1 is 1.29 bits per heavy atom. The quantitative estimate of drug-likeness (QED) is 0.302. The molecule has 0 aliphatic heterocycles. The van der Waals surface area contributed by atoms with E-state index in [9.17, 15) is 4.79 Å². The second-order valence-corrected chi connectivity index (χ2v) is 8.56. The van der Waals surface area contributed by atoms with Crippen molar-refractivity contribution in [1.82, 2.24) is 29.3 Å². The van der Waals surface area contributed by atoms with Crippen molar-refractivity contribution in [1.29, 1.82) is 5.41 Å². The summed E-state index contributed by atoms with van der Waals surface area (Å²) in [5.41, 5.74) is 9.22. The summed E-state index contributed by atoms with van der Waals surface area (Å²) in [6, 6.07) is 7.59. The molecule has 0 saturated heterocycles. The van der Waals surface area contributed by atoms with Crippen LogP contribution in [-0.2, 0) is 6.54 Å². The molecule has 0 spiro atoms. The molecule has 0 atom stereocenters. The van der Waals surface area contributed by atoms with Gasteiger partial charge in [0.25, 0.3) is 5.56 Å². The number of nitrogen functional groups attached to an aromatic ring is 1. The molecule has 5 rings (SSSR count). The van der Waals surface area contributed by atoms with E-state index in [2.05, 4.69) is 32.2 Å². The third-order valence-electron chi connectivity index (χ3n) is 5.94. The summed E-state index contributed by atoms with van der Waals surface area (Å²) < 4.78 is 3.20. The molecule has 4 aromatic rings. The molecule has 1 aliphatic carbocycles. The van der Waals surface area contributed by atoms with E-state index in [1.807, 2.05) is 31.2 Å². The van der Waals surface area contributed by atoms with Gasteiger partial charge in [0.15, 0.2) is 5.65 Å². The largest absolute Gasteiger partial charge is 0.383 e. The van der Waals surface area contributed by atoms with Crippen LogP contribution in [0.4, 0.5) is 11.5 Å². The summed E-state index contributed by atoms with van der Waals surface area (Å²) in [7, 11) is 1.65. The Bertz CT molecular complexity index is 1600. The predicted molar refractivity (Wildman–Crippen MR) is 135 cm³/mol. The van der Waals surface area contributed by atoms with Crippen LogP contribution in [0.25, 0.3) is 16.7 Å². The lowest BCUT2D eigenvalue weighted by atomic mass is 10.1. The molecule has 0 bridgehead atoms. The molecule has 1 fully saturated rings. The standard InChI is InChI=1S/C25H25N9O/c1-14-6-4-5-7-18(14)34-19(31-21(15(2)26)22(28-3)25(34)35)12-33-24-20(23(27)29-13-30-24)17(32-33)11-10-16-8-9-16/h4-7,13,16,26,28H,8-9,12H2,1-3H3,(H2,27,29,30). The van der Waals surface area contributed by atoms with Crippen LogP contribution < -0.4 is 16.6 Å². The van der Waals surface area contributed by atoms with Crippen molar-refractivity contribution in [2.24, 2.45) is 5.92 Å². The normalized spacial score (nSPS) is 12.9. The lowest BCUT2D eigenvalue weighted by molar-refractivity contribution is 0.642. The van der Waals surface area contributed by atoms with Gasteiger partial charge in [-0.25, -0.2) is 19.6 Å². The SMILES string of the molecule is CNc1c(C(C)=N)nc(Cn2nc(C#CC3CC3)c3c(N)ncnc32)n(-c2ccccc2C)c1=O. The molecule has 1 aromatic carbocycles. The molecule has 10 heteroatoms. The zero-order valence-corrected chi connectivity index (χ0v) is 19.8. The minimum atomic E-state index is -0.298. The first kappa shape index (κ1) is 22.3. The first-order valence-electron chi connectivity index (χ1n) is 11.3. The highest BCUT2D eigenvalue weighted by Gasteiger charge is 2.23. The maximum absolute atomic E-state index is 13.7. The number of hydrogen-bond donors (Lipinski definition) is 3. The van der Waals surface area contributed by atoms with E-state index in [-0.39, 0.29) is 29.2 Å². The van der Waals surface area contributed by atoms with Gasteiger partial charge in [0.2, 0.25) is 0 Å². The lowest BCUT2D eigenvalue weighted by Crippen LogP contribution is -2.30. The van der Waals surface area contributed by atoms with Crippen LogP contribution in [0.5, 0.6) is 0 Å². The molecule has 35 heavy (non-hydrogen) atoms. The van der Waals surface area contributed by atoms with Crippen molar-refractivity contribution in [3.8, 4) is 17.5 Å². The van der Waals surface area contributed by atoms with E-state index < -0.39 is 0 Å². The molecular formula is C25H25N9O. The Labute approximate surface area is 201 Å². The number of nitrogens with one attached hydrogen (secondary N) is 2. The number of benzene rings is 1. The fraction of sp³-hybridized carbons (Fsp3) is 0.280. The summed E-state index contributed by atoms with van der Waals surface area (Å²) >= 11 is 0. The highest BCUT2D eigenvalue weighted by molar-refractivity contribution is 5.99. The Morgan fingerprint density at radius 3 is 2.74 bits per heavy atom. The highest BCUT2D eigenvalue weighted by Crippen LogP contribution is 2.28. The number of rotatable bonds is 5. The van der Waals surface area contributed by atoms with Crippen LogP contribution in [0.3, 0.4) is 0 Å². The number of aryl methyl sites for hydroxylation is 1. The molecule has 0 unspecified atom stereocenters. The van der Waals surface area contributed by atoms with Gasteiger partial charge in [-0.1, -0.05) is 24.1 Å². The third-order valence-corrected chi connectivity index (χ3v) is 5.94. The van der Waals surface area contributed by atoms with Gasteiger partial charge in [-0.3, -0.25) is 9.36 Å². The Morgan fingerprint density at radius 2 is 2.06 bits per heavy atom. The van der Waals surface area contributed by atoms with Crippen LogP contribution in [0.15, 0.2) is 35.4 Å². The summed E-state index contributed by atoms with van der Waals surface area (Å²) in [6.45, 7) is 3.66. The minimum Gasteiger partial charge on any atom is -0.383 e. The number of fused-ring (bicyclic) bond motifs is 1. The van der Waals surface area contributed by atoms with E-state index in [1.54, 1.807) is 23.2 Å². The van der Waals surface area contributed by atoms with Gasteiger partial charge in [-0.2, -0.15) is 5.10 Å². The summed E-state index contributed by atoms with van der Waals surface area (Å²) in [5, 5.41) is 16.4. The number of aromatic nitrogens is 6. The Kier molecular flexibility index (Phi) is 5.53. The summed E-state index contributed by atoms with van der Waals surface area (Å²) in [4.78, 5) is 26.9. The molecule has 1 saturated carbocycles. The van der Waals surface area contributed by atoms with Gasteiger partial charge in [-0.15, -0.1) is 0 Å². The molecule has 176 valence electrons. The van der Waals surface area contributed by atoms with Crippen molar-refractivity contribution in [2.45, 2.75) is 33.2 Å². The van der Waals surface area contributed by atoms with Crippen LogP contribution >= 0.6 is 0 Å². The maximum atomic E-state index is 13.7. The molecule has 10 nitrogen and oxygen atoms in total. The van der Waals surface area contributed by atoms with Gasteiger partial charge in [0.1, 0.15) is 41.6 Å². The average molecular weight is 468 g/mol. The number of nitrogens with two attached hydrogens (primary N) is 1.